The van der Waals surface area contributed by atoms with Crippen LogP contribution < -0.4 is 10.6 Å². The van der Waals surface area contributed by atoms with Crippen LogP contribution in [0.3, 0.4) is 0 Å². The van der Waals surface area contributed by atoms with Crippen LogP contribution in [-0.2, 0) is 16.1 Å². The minimum Gasteiger partial charge on any atom is -0.344 e. The van der Waals surface area contributed by atoms with Crippen LogP contribution in [0.4, 0.5) is 5.69 Å². The molecule has 2 N–H and O–H groups in total. The van der Waals surface area contributed by atoms with Crippen molar-refractivity contribution < 1.29 is 9.59 Å². The van der Waals surface area contributed by atoms with Crippen molar-refractivity contribution in [3.63, 3.8) is 0 Å². The minimum atomic E-state index is -0.678. The predicted molar refractivity (Wildman–Crippen MR) is 87.8 cm³/mol. The fourth-order valence-corrected chi connectivity index (χ4v) is 2.06. The number of benzene rings is 2. The van der Waals surface area contributed by atoms with Gasteiger partial charge in [-0.05, 0) is 48.7 Å². The zero-order chi connectivity index (χ0) is 16.1. The molecule has 0 aromatic heterocycles. The molecule has 114 valence electrons. The van der Waals surface area contributed by atoms with E-state index in [2.05, 4.69) is 10.6 Å². The molecule has 0 atom stereocenters. The van der Waals surface area contributed by atoms with Gasteiger partial charge in [0.15, 0.2) is 0 Å². The minimum absolute atomic E-state index is 0.274. The molecule has 2 rings (SSSR count). The maximum absolute atomic E-state index is 11.9. The summed E-state index contributed by atoms with van der Waals surface area (Å²) in [6.07, 6.45) is 0. The van der Waals surface area contributed by atoms with Crippen molar-refractivity contribution in [1.29, 1.82) is 0 Å². The average molecular weight is 317 g/mol. The average Bonchev–Trinajstić information content (AvgIpc) is 2.51. The number of carbonyl (C=O) groups excluding carboxylic acids is 2. The lowest BCUT2D eigenvalue weighted by Gasteiger charge is -2.10. The van der Waals surface area contributed by atoms with Crippen molar-refractivity contribution in [2.45, 2.75) is 20.4 Å². The topological polar surface area (TPSA) is 58.2 Å². The van der Waals surface area contributed by atoms with Crippen molar-refractivity contribution in [3.8, 4) is 0 Å². The molecule has 0 saturated heterocycles. The second kappa shape index (κ2) is 7.09. The zero-order valence-corrected chi connectivity index (χ0v) is 13.2. The van der Waals surface area contributed by atoms with Crippen LogP contribution >= 0.6 is 11.6 Å². The van der Waals surface area contributed by atoms with Gasteiger partial charge in [0, 0.05) is 17.3 Å². The number of amides is 2. The van der Waals surface area contributed by atoms with Crippen LogP contribution in [0.5, 0.6) is 0 Å². The largest absolute Gasteiger partial charge is 0.344 e. The number of anilines is 1. The first-order valence-corrected chi connectivity index (χ1v) is 7.25. The molecule has 0 bridgehead atoms. The normalized spacial score (nSPS) is 10.1. The van der Waals surface area contributed by atoms with Gasteiger partial charge in [-0.2, -0.15) is 0 Å². The number of nitrogens with one attached hydrogen (secondary N) is 2. The first kappa shape index (κ1) is 16.0. The Morgan fingerprint density at radius 1 is 1.00 bits per heavy atom. The van der Waals surface area contributed by atoms with E-state index in [1.165, 1.54) is 0 Å². The van der Waals surface area contributed by atoms with E-state index in [0.717, 1.165) is 16.7 Å². The standard InChI is InChI=1S/C17H17ClN2O2/c1-11-4-3-5-15(12(11)2)20-17(22)16(21)19-10-13-6-8-14(18)9-7-13/h3-9H,10H2,1-2H3,(H,19,21)(H,20,22). The molecule has 5 heteroatoms. The molecule has 2 aromatic rings. The molecule has 0 aliphatic carbocycles. The maximum Gasteiger partial charge on any atom is 0.313 e. The van der Waals surface area contributed by atoms with E-state index < -0.39 is 11.8 Å². The molecular weight excluding hydrogens is 300 g/mol. The quantitative estimate of drug-likeness (QED) is 0.854. The monoisotopic (exact) mass is 316 g/mol. The molecule has 0 radical (unpaired) electrons. The summed E-state index contributed by atoms with van der Waals surface area (Å²) in [5.41, 5.74) is 3.52. The number of hydrogen-bond donors (Lipinski definition) is 2. The van der Waals surface area contributed by atoms with Crippen molar-refractivity contribution in [1.82, 2.24) is 5.32 Å². The molecule has 0 heterocycles. The van der Waals surface area contributed by atoms with Gasteiger partial charge in [0.25, 0.3) is 0 Å². The highest BCUT2D eigenvalue weighted by molar-refractivity contribution is 6.39. The smallest absolute Gasteiger partial charge is 0.313 e. The highest BCUT2D eigenvalue weighted by atomic mass is 35.5. The summed E-state index contributed by atoms with van der Waals surface area (Å²) in [5, 5.41) is 5.83. The van der Waals surface area contributed by atoms with E-state index in [0.29, 0.717) is 10.7 Å². The van der Waals surface area contributed by atoms with E-state index in [-0.39, 0.29) is 6.54 Å². The summed E-state index contributed by atoms with van der Waals surface area (Å²) in [4.78, 5) is 23.7. The van der Waals surface area contributed by atoms with Gasteiger partial charge in [0.05, 0.1) is 0 Å². The molecule has 2 aromatic carbocycles. The second-order valence-corrected chi connectivity index (χ2v) is 5.45. The van der Waals surface area contributed by atoms with E-state index >= 15 is 0 Å². The SMILES string of the molecule is Cc1cccc(NC(=O)C(=O)NCc2ccc(Cl)cc2)c1C. The molecule has 0 saturated carbocycles. The van der Waals surface area contributed by atoms with Gasteiger partial charge in [-0.25, -0.2) is 0 Å². The molecule has 4 nitrogen and oxygen atoms in total. The van der Waals surface area contributed by atoms with Gasteiger partial charge in [0.1, 0.15) is 0 Å². The van der Waals surface area contributed by atoms with Crippen LogP contribution in [0.1, 0.15) is 16.7 Å². The fourth-order valence-electron chi connectivity index (χ4n) is 1.93. The number of rotatable bonds is 3. The fraction of sp³-hybridized carbons (Fsp3) is 0.176. The van der Waals surface area contributed by atoms with E-state index in [1.54, 1.807) is 30.3 Å². The summed E-state index contributed by atoms with van der Waals surface area (Å²) < 4.78 is 0. The lowest BCUT2D eigenvalue weighted by Crippen LogP contribution is -2.35. The number of hydrogen-bond acceptors (Lipinski definition) is 2. The molecule has 0 aliphatic rings. The summed E-state index contributed by atoms with van der Waals surface area (Å²) in [6, 6.07) is 12.6. The highest BCUT2D eigenvalue weighted by Gasteiger charge is 2.14. The summed E-state index contributed by atoms with van der Waals surface area (Å²) in [6.45, 7) is 4.12. The number of aryl methyl sites for hydroxylation is 1. The first-order valence-electron chi connectivity index (χ1n) is 6.87. The molecule has 0 unspecified atom stereocenters. The van der Waals surface area contributed by atoms with Gasteiger partial charge in [-0.3, -0.25) is 9.59 Å². The summed E-state index contributed by atoms with van der Waals surface area (Å²) in [5.74, 6) is -1.35. The third-order valence-corrected chi connectivity index (χ3v) is 3.68. The first-order chi connectivity index (χ1) is 10.5. The Balaban J connectivity index is 1.93. The predicted octanol–water partition coefficient (Wildman–Crippen LogP) is 3.21. The van der Waals surface area contributed by atoms with Gasteiger partial charge in [-0.1, -0.05) is 35.9 Å². The van der Waals surface area contributed by atoms with Gasteiger partial charge in [-0.15, -0.1) is 0 Å². The van der Waals surface area contributed by atoms with E-state index in [9.17, 15) is 9.59 Å². The Hall–Kier alpha value is -2.33. The van der Waals surface area contributed by atoms with E-state index in [1.807, 2.05) is 26.0 Å². The molecule has 2 amide bonds. The molecular formula is C17H17ClN2O2. The third-order valence-electron chi connectivity index (χ3n) is 3.43. The van der Waals surface area contributed by atoms with Gasteiger partial charge < -0.3 is 10.6 Å². The molecule has 22 heavy (non-hydrogen) atoms. The van der Waals surface area contributed by atoms with Crippen molar-refractivity contribution in [3.05, 3.63) is 64.2 Å². The Bertz CT molecular complexity index is 696. The third kappa shape index (κ3) is 4.09. The van der Waals surface area contributed by atoms with Crippen molar-refractivity contribution in [2.75, 3.05) is 5.32 Å². The van der Waals surface area contributed by atoms with Crippen LogP contribution in [0.25, 0.3) is 0 Å². The van der Waals surface area contributed by atoms with Crippen LogP contribution in [0, 0.1) is 13.8 Å². The molecule has 0 spiro atoms. The van der Waals surface area contributed by atoms with Crippen LogP contribution in [0.15, 0.2) is 42.5 Å². The number of halogens is 1. The highest BCUT2D eigenvalue weighted by Crippen LogP contribution is 2.17. The van der Waals surface area contributed by atoms with Gasteiger partial charge in [0.2, 0.25) is 0 Å². The van der Waals surface area contributed by atoms with E-state index in [4.69, 9.17) is 11.6 Å². The second-order valence-electron chi connectivity index (χ2n) is 5.01. The Morgan fingerprint density at radius 3 is 2.36 bits per heavy atom. The lowest BCUT2D eigenvalue weighted by molar-refractivity contribution is -0.136. The maximum atomic E-state index is 11.9. The Morgan fingerprint density at radius 2 is 1.68 bits per heavy atom. The zero-order valence-electron chi connectivity index (χ0n) is 12.4. The molecule has 0 fully saturated rings. The van der Waals surface area contributed by atoms with Gasteiger partial charge >= 0.3 is 11.8 Å². The van der Waals surface area contributed by atoms with Crippen molar-refractivity contribution >= 4 is 29.1 Å². The lowest BCUT2D eigenvalue weighted by atomic mass is 10.1. The van der Waals surface area contributed by atoms with Crippen LogP contribution in [-0.4, -0.2) is 11.8 Å². The number of carbonyl (C=O) groups is 2. The Labute approximate surface area is 134 Å². The van der Waals surface area contributed by atoms with Crippen LogP contribution in [0.2, 0.25) is 5.02 Å². The Kier molecular flexibility index (Phi) is 5.17. The summed E-state index contributed by atoms with van der Waals surface area (Å²) >= 11 is 5.79. The molecule has 0 aliphatic heterocycles. The van der Waals surface area contributed by atoms with Crippen molar-refractivity contribution in [2.24, 2.45) is 0 Å². The summed E-state index contributed by atoms with van der Waals surface area (Å²) in [7, 11) is 0.